The van der Waals surface area contributed by atoms with E-state index in [-0.39, 0.29) is 37.5 Å². The van der Waals surface area contributed by atoms with Crippen LogP contribution < -0.4 is 0 Å². The number of hydrogen-bond donors (Lipinski definition) is 0. The van der Waals surface area contributed by atoms with Crippen LogP contribution in [0.25, 0.3) is 0 Å². The van der Waals surface area contributed by atoms with E-state index in [0.29, 0.717) is 19.3 Å². The second-order valence-corrected chi connectivity index (χ2v) is 20.9. The molecule has 0 aromatic heterocycles. The van der Waals surface area contributed by atoms with Gasteiger partial charge in [0.05, 0.1) is 0 Å². The molecule has 0 saturated heterocycles. The van der Waals surface area contributed by atoms with Crippen LogP contribution in [-0.2, 0) is 28.6 Å². The molecule has 1 unspecified atom stereocenters. The van der Waals surface area contributed by atoms with Crippen LogP contribution in [0.3, 0.4) is 0 Å². The van der Waals surface area contributed by atoms with E-state index >= 15 is 0 Å². The third kappa shape index (κ3) is 58.0. The quantitative estimate of drug-likeness (QED) is 0.0261. The van der Waals surface area contributed by atoms with Gasteiger partial charge in [0.1, 0.15) is 13.2 Å². The molecule has 0 aliphatic carbocycles. The predicted molar refractivity (Wildman–Crippen MR) is 312 cm³/mol. The van der Waals surface area contributed by atoms with Crippen molar-refractivity contribution in [1.29, 1.82) is 0 Å². The first-order valence-corrected chi connectivity index (χ1v) is 31.3. The molecule has 6 nitrogen and oxygen atoms in total. The highest BCUT2D eigenvalue weighted by atomic mass is 16.6. The summed E-state index contributed by atoms with van der Waals surface area (Å²) in [7, 11) is 0. The van der Waals surface area contributed by atoms with Crippen LogP contribution in [0.4, 0.5) is 0 Å². The molecule has 0 aliphatic heterocycles. The highest BCUT2D eigenvalue weighted by molar-refractivity contribution is 5.71. The molecule has 0 aromatic rings. The zero-order valence-electron chi connectivity index (χ0n) is 47.9. The maximum absolute atomic E-state index is 12.9. The van der Waals surface area contributed by atoms with Gasteiger partial charge >= 0.3 is 17.9 Å². The Morgan fingerprint density at radius 1 is 0.292 bits per heavy atom. The lowest BCUT2D eigenvalue weighted by molar-refractivity contribution is -0.166. The first-order valence-electron chi connectivity index (χ1n) is 31.3. The van der Waals surface area contributed by atoms with Gasteiger partial charge in [0.2, 0.25) is 0 Å². The summed E-state index contributed by atoms with van der Waals surface area (Å²) in [6.07, 6.45) is 76.8. The third-order valence-electron chi connectivity index (χ3n) is 13.8. The maximum Gasteiger partial charge on any atom is 0.306 e. The Bertz CT molecular complexity index is 1290. The van der Waals surface area contributed by atoms with Crippen LogP contribution in [0.5, 0.6) is 0 Å². The summed E-state index contributed by atoms with van der Waals surface area (Å²) in [6.45, 7) is 6.50. The summed E-state index contributed by atoms with van der Waals surface area (Å²) >= 11 is 0. The first kappa shape index (κ1) is 69.1. The van der Waals surface area contributed by atoms with E-state index in [1.165, 1.54) is 212 Å². The minimum absolute atomic E-state index is 0.0949. The predicted octanol–water partition coefficient (Wildman–Crippen LogP) is 21.2. The van der Waals surface area contributed by atoms with E-state index < -0.39 is 6.10 Å². The average Bonchev–Trinajstić information content (AvgIpc) is 3.38. The lowest BCUT2D eigenvalue weighted by Gasteiger charge is -2.18. The normalized spacial score (nSPS) is 12.4. The third-order valence-corrected chi connectivity index (χ3v) is 13.8. The van der Waals surface area contributed by atoms with E-state index in [9.17, 15) is 14.4 Å². The molecule has 0 amide bonds. The topological polar surface area (TPSA) is 78.9 Å². The summed E-state index contributed by atoms with van der Waals surface area (Å²) in [4.78, 5) is 38.2. The standard InChI is InChI=1S/C66H118O6/c1-4-7-10-13-16-19-22-25-27-29-31-32-33-34-35-37-38-41-44-47-50-53-56-59-65(68)71-62-63(61-70-64(67)58-55-52-49-46-43-40-24-21-18-15-12-9-6-3)72-66(69)60-57-54-51-48-45-42-39-36-30-28-26-23-20-17-14-11-8-5-2/h9,12,18,21,28,30,40,43,49,52,63H,4-8,10-11,13-17,19-20,22-27,29,31-39,41-42,44-48,50-51,53-62H2,1-3H3/b12-9-,21-18-,30-28-,43-40-,52-49-. The van der Waals surface area contributed by atoms with Crippen LogP contribution in [-0.4, -0.2) is 37.2 Å². The second-order valence-electron chi connectivity index (χ2n) is 20.9. The summed E-state index contributed by atoms with van der Waals surface area (Å²) in [5, 5.41) is 0. The van der Waals surface area contributed by atoms with Gasteiger partial charge in [-0.15, -0.1) is 0 Å². The highest BCUT2D eigenvalue weighted by Gasteiger charge is 2.19. The Labute approximate surface area is 447 Å². The van der Waals surface area contributed by atoms with Gasteiger partial charge in [0, 0.05) is 19.3 Å². The zero-order chi connectivity index (χ0) is 52.2. The van der Waals surface area contributed by atoms with Gasteiger partial charge in [-0.25, -0.2) is 0 Å². The van der Waals surface area contributed by atoms with E-state index in [2.05, 4.69) is 75.5 Å². The molecule has 1 atom stereocenters. The van der Waals surface area contributed by atoms with Crippen molar-refractivity contribution < 1.29 is 28.6 Å². The molecule has 0 aliphatic rings. The number of esters is 3. The molecule has 0 spiro atoms. The summed E-state index contributed by atoms with van der Waals surface area (Å²) in [6, 6.07) is 0. The Balaban J connectivity index is 4.32. The summed E-state index contributed by atoms with van der Waals surface area (Å²) < 4.78 is 16.8. The summed E-state index contributed by atoms with van der Waals surface area (Å²) in [5.74, 6) is -0.968. The van der Waals surface area contributed by atoms with Gasteiger partial charge in [-0.1, -0.05) is 293 Å². The van der Waals surface area contributed by atoms with Gasteiger partial charge in [0.25, 0.3) is 0 Å². The maximum atomic E-state index is 12.9. The van der Waals surface area contributed by atoms with Crippen molar-refractivity contribution in [1.82, 2.24) is 0 Å². The van der Waals surface area contributed by atoms with Gasteiger partial charge in [-0.3, -0.25) is 14.4 Å². The number of rotatable bonds is 57. The Morgan fingerprint density at radius 2 is 0.569 bits per heavy atom. The largest absolute Gasteiger partial charge is 0.462 e. The Hall–Kier alpha value is -2.89. The summed E-state index contributed by atoms with van der Waals surface area (Å²) in [5.41, 5.74) is 0. The number of hydrogen-bond acceptors (Lipinski definition) is 6. The molecule has 6 heteroatoms. The Morgan fingerprint density at radius 3 is 0.931 bits per heavy atom. The van der Waals surface area contributed by atoms with Crippen molar-refractivity contribution in [2.24, 2.45) is 0 Å². The number of carbonyl (C=O) groups excluding carboxylic acids is 3. The van der Waals surface area contributed by atoms with Gasteiger partial charge < -0.3 is 14.2 Å². The molecule has 0 rings (SSSR count). The van der Waals surface area contributed by atoms with Crippen LogP contribution in [0, 0.1) is 0 Å². The van der Waals surface area contributed by atoms with Crippen molar-refractivity contribution in [3.63, 3.8) is 0 Å². The highest BCUT2D eigenvalue weighted by Crippen LogP contribution is 2.17. The van der Waals surface area contributed by atoms with Gasteiger partial charge in [-0.05, 0) is 70.6 Å². The van der Waals surface area contributed by atoms with Crippen LogP contribution >= 0.6 is 0 Å². The monoisotopic (exact) mass is 1010 g/mol. The van der Waals surface area contributed by atoms with E-state index in [1.807, 2.05) is 6.08 Å². The fourth-order valence-corrected chi connectivity index (χ4v) is 9.10. The number of carbonyl (C=O) groups is 3. The van der Waals surface area contributed by atoms with E-state index in [0.717, 1.165) is 64.2 Å². The molecule has 0 saturated carbocycles. The van der Waals surface area contributed by atoms with Crippen molar-refractivity contribution in [2.75, 3.05) is 13.2 Å². The van der Waals surface area contributed by atoms with E-state index in [1.54, 1.807) is 0 Å². The molecule has 0 radical (unpaired) electrons. The minimum atomic E-state index is -0.804. The Kier molecular flexibility index (Phi) is 58.2. The van der Waals surface area contributed by atoms with Crippen LogP contribution in [0.15, 0.2) is 60.8 Å². The van der Waals surface area contributed by atoms with E-state index in [4.69, 9.17) is 14.2 Å². The molecule has 0 heterocycles. The zero-order valence-corrected chi connectivity index (χ0v) is 47.9. The number of ether oxygens (including phenoxy) is 3. The van der Waals surface area contributed by atoms with Crippen molar-refractivity contribution in [3.8, 4) is 0 Å². The van der Waals surface area contributed by atoms with Gasteiger partial charge in [0.15, 0.2) is 6.10 Å². The van der Waals surface area contributed by atoms with Crippen molar-refractivity contribution in [3.05, 3.63) is 60.8 Å². The number of allylic oxidation sites excluding steroid dienone is 10. The molecule has 0 bridgehead atoms. The minimum Gasteiger partial charge on any atom is -0.462 e. The second kappa shape index (κ2) is 60.7. The fourth-order valence-electron chi connectivity index (χ4n) is 9.10. The fraction of sp³-hybridized carbons (Fsp3) is 0.803. The first-order chi connectivity index (χ1) is 35.5. The molecular weight excluding hydrogens is 889 g/mol. The van der Waals surface area contributed by atoms with Crippen molar-refractivity contribution >= 4 is 17.9 Å². The smallest absolute Gasteiger partial charge is 0.306 e. The van der Waals surface area contributed by atoms with Crippen molar-refractivity contribution in [2.45, 2.75) is 329 Å². The molecule has 0 fully saturated rings. The molecular formula is C66H118O6. The van der Waals surface area contributed by atoms with Crippen LogP contribution in [0.1, 0.15) is 323 Å². The SMILES string of the molecule is CC/C=C\C/C=C\C/C=C\C/C=C\CCC(=O)OCC(COC(=O)CCCCCCCCCCCCCCCCCCCCCCCCC)OC(=O)CCCCCCCCC/C=C\CCCCCCCCC. The average molecular weight is 1010 g/mol. The number of unbranched alkanes of at least 4 members (excludes halogenated alkanes) is 36. The van der Waals surface area contributed by atoms with Crippen LogP contribution in [0.2, 0.25) is 0 Å². The molecule has 0 N–H and O–H groups in total. The van der Waals surface area contributed by atoms with Gasteiger partial charge in [-0.2, -0.15) is 0 Å². The molecule has 418 valence electrons. The lowest BCUT2D eigenvalue weighted by Crippen LogP contribution is -2.30. The molecule has 0 aromatic carbocycles. The molecule has 72 heavy (non-hydrogen) atoms. The lowest BCUT2D eigenvalue weighted by atomic mass is 10.0.